The summed E-state index contributed by atoms with van der Waals surface area (Å²) in [6.07, 6.45) is 3.24. The van der Waals surface area contributed by atoms with Crippen LogP contribution < -0.4 is 0 Å². The molecule has 0 unspecified atom stereocenters. The Morgan fingerprint density at radius 3 is 2.59 bits per heavy atom. The molecule has 0 bridgehead atoms. The average molecular weight is 292 g/mol. The fraction of sp³-hybridized carbons (Fsp3) is 0.0769. The maximum absolute atomic E-state index is 11.2. The lowest BCUT2D eigenvalue weighted by Crippen LogP contribution is -2.02. The Kier molecular flexibility index (Phi) is 5.18. The summed E-state index contributed by atoms with van der Waals surface area (Å²) in [6.45, 7) is 0. The van der Waals surface area contributed by atoms with E-state index in [1.54, 1.807) is 12.1 Å². The number of ether oxygens (including phenoxy) is 1. The zero-order valence-corrected chi connectivity index (χ0v) is 10.8. The molecule has 0 saturated carbocycles. The molecular weight excluding hydrogens is 282 g/mol. The van der Waals surface area contributed by atoms with E-state index in [-0.39, 0.29) is 5.57 Å². The van der Waals surface area contributed by atoms with Crippen LogP contribution in [0.4, 0.5) is 0 Å². The van der Waals surface area contributed by atoms with Crippen LogP contribution in [0.5, 0.6) is 0 Å². The van der Waals surface area contributed by atoms with Crippen LogP contribution in [0.2, 0.25) is 0 Å². The average Bonchev–Trinajstić information content (AvgIpc) is 2.36. The van der Waals surface area contributed by atoms with Gasteiger partial charge in [0.15, 0.2) is 0 Å². The number of allylic oxidation sites excluding steroid dienone is 2. The number of hydrogen-bond acceptors (Lipinski definition) is 3. The summed E-state index contributed by atoms with van der Waals surface area (Å²) < 4.78 is 5.11. The molecule has 17 heavy (non-hydrogen) atoms. The Morgan fingerprint density at radius 1 is 1.41 bits per heavy atom. The second kappa shape index (κ2) is 6.66. The van der Waals surface area contributed by atoms with Gasteiger partial charge in [0.05, 0.1) is 7.11 Å². The molecule has 0 atom stereocenters. The van der Waals surface area contributed by atoms with Gasteiger partial charge in [-0.2, -0.15) is 5.26 Å². The normalized spacial score (nSPS) is 11.8. The van der Waals surface area contributed by atoms with Gasteiger partial charge in [0.1, 0.15) is 11.6 Å². The topological polar surface area (TPSA) is 50.1 Å². The third kappa shape index (κ3) is 4.25. The molecule has 1 rings (SSSR count). The Morgan fingerprint density at radius 2 is 2.06 bits per heavy atom. The van der Waals surface area contributed by atoms with Gasteiger partial charge in [-0.3, -0.25) is 0 Å². The van der Waals surface area contributed by atoms with Gasteiger partial charge in [-0.15, -0.1) is 0 Å². The van der Waals surface area contributed by atoms with E-state index in [0.717, 1.165) is 5.56 Å². The second-order valence-corrected chi connectivity index (χ2v) is 4.02. The van der Waals surface area contributed by atoms with Gasteiger partial charge in [-0.1, -0.05) is 46.3 Å². The molecule has 0 aliphatic rings. The molecule has 0 fully saturated rings. The summed E-state index contributed by atoms with van der Waals surface area (Å²) in [4.78, 5) is 11.2. The third-order valence-corrected chi connectivity index (χ3v) is 2.37. The van der Waals surface area contributed by atoms with Crippen molar-refractivity contribution < 1.29 is 9.53 Å². The number of hydrogen-bond donors (Lipinski definition) is 0. The van der Waals surface area contributed by atoms with Crippen molar-refractivity contribution in [1.82, 2.24) is 0 Å². The Hall–Kier alpha value is -1.86. The number of carbonyl (C=O) groups is 1. The lowest BCUT2D eigenvalue weighted by atomic mass is 10.2. The summed E-state index contributed by atoms with van der Waals surface area (Å²) in [5.74, 6) is -0.647. The van der Waals surface area contributed by atoms with Crippen molar-refractivity contribution >= 4 is 28.0 Å². The van der Waals surface area contributed by atoms with Crippen LogP contribution in [0.15, 0.2) is 46.5 Å². The number of nitrogens with zero attached hydrogens (tertiary/aromatic N) is 1. The van der Waals surface area contributed by atoms with Crippen LogP contribution in [0, 0.1) is 11.3 Å². The standard InChI is InChI=1S/C13H10BrNO2/c1-17-13(16)11(9-15)8-12(14)7-10-5-3-2-4-6-10/h2-8H,1H3/b11-8+,12-7-. The predicted octanol–water partition coefficient (Wildman–Crippen LogP) is 3.05. The van der Waals surface area contributed by atoms with Crippen LogP contribution in [0.25, 0.3) is 6.08 Å². The molecular formula is C13H10BrNO2. The molecule has 0 N–H and O–H groups in total. The first kappa shape index (κ1) is 13.2. The number of halogens is 1. The van der Waals surface area contributed by atoms with Gasteiger partial charge >= 0.3 is 5.97 Å². The highest BCUT2D eigenvalue weighted by Gasteiger charge is 2.08. The van der Waals surface area contributed by atoms with Gasteiger partial charge in [0, 0.05) is 4.48 Å². The van der Waals surface area contributed by atoms with E-state index in [2.05, 4.69) is 20.7 Å². The molecule has 0 heterocycles. The minimum Gasteiger partial charge on any atom is -0.465 e. The summed E-state index contributed by atoms with van der Waals surface area (Å²) in [7, 11) is 1.24. The van der Waals surface area contributed by atoms with Gasteiger partial charge < -0.3 is 4.74 Å². The van der Waals surface area contributed by atoms with Crippen molar-refractivity contribution in [3.05, 3.63) is 52.0 Å². The van der Waals surface area contributed by atoms with Gasteiger partial charge in [-0.05, 0) is 17.7 Å². The number of methoxy groups -OCH3 is 1. The molecule has 0 amide bonds. The molecule has 0 radical (unpaired) electrons. The van der Waals surface area contributed by atoms with E-state index < -0.39 is 5.97 Å². The zero-order chi connectivity index (χ0) is 12.7. The van der Waals surface area contributed by atoms with Gasteiger partial charge in [0.2, 0.25) is 0 Å². The SMILES string of the molecule is COC(=O)/C(C#N)=C/C(Br)=C/c1ccccc1. The molecule has 3 nitrogen and oxygen atoms in total. The maximum atomic E-state index is 11.2. The van der Waals surface area contributed by atoms with Gasteiger partial charge in [-0.25, -0.2) is 4.79 Å². The monoisotopic (exact) mass is 291 g/mol. The molecule has 0 aliphatic heterocycles. The first-order valence-electron chi connectivity index (χ1n) is 4.79. The van der Waals surface area contributed by atoms with Crippen LogP contribution in [-0.2, 0) is 9.53 Å². The number of esters is 1. The smallest absolute Gasteiger partial charge is 0.348 e. The van der Waals surface area contributed by atoms with Crippen molar-refractivity contribution in [3.63, 3.8) is 0 Å². The minimum atomic E-state index is -0.647. The van der Waals surface area contributed by atoms with E-state index in [4.69, 9.17) is 5.26 Å². The molecule has 4 heteroatoms. The summed E-state index contributed by atoms with van der Waals surface area (Å²) in [6, 6.07) is 11.3. The number of nitriles is 1. The Bertz CT molecular complexity index is 498. The highest BCUT2D eigenvalue weighted by atomic mass is 79.9. The van der Waals surface area contributed by atoms with E-state index in [9.17, 15) is 4.79 Å². The van der Waals surface area contributed by atoms with Crippen LogP contribution in [-0.4, -0.2) is 13.1 Å². The predicted molar refractivity (Wildman–Crippen MR) is 69.1 cm³/mol. The fourth-order valence-corrected chi connectivity index (χ4v) is 1.63. The van der Waals surface area contributed by atoms with Gasteiger partial charge in [0.25, 0.3) is 0 Å². The van der Waals surface area contributed by atoms with Crippen molar-refractivity contribution in [1.29, 1.82) is 5.26 Å². The minimum absolute atomic E-state index is 0.0495. The van der Waals surface area contributed by atoms with E-state index in [1.807, 2.05) is 30.3 Å². The van der Waals surface area contributed by atoms with Crippen LogP contribution in [0.1, 0.15) is 5.56 Å². The summed E-state index contributed by atoms with van der Waals surface area (Å²) in [5, 5.41) is 8.78. The number of benzene rings is 1. The lowest BCUT2D eigenvalue weighted by Gasteiger charge is -1.96. The third-order valence-electron chi connectivity index (χ3n) is 1.91. The first-order chi connectivity index (χ1) is 8.17. The number of carbonyl (C=O) groups excluding carboxylic acids is 1. The fourth-order valence-electron chi connectivity index (χ4n) is 1.13. The van der Waals surface area contributed by atoms with Crippen LogP contribution in [0.3, 0.4) is 0 Å². The molecule has 0 saturated heterocycles. The van der Waals surface area contributed by atoms with Crippen molar-refractivity contribution in [2.45, 2.75) is 0 Å². The lowest BCUT2D eigenvalue weighted by molar-refractivity contribution is -0.135. The second-order valence-electron chi connectivity index (χ2n) is 3.10. The summed E-state index contributed by atoms with van der Waals surface area (Å²) >= 11 is 3.28. The van der Waals surface area contributed by atoms with Crippen LogP contribution >= 0.6 is 15.9 Å². The molecule has 0 aromatic heterocycles. The van der Waals surface area contributed by atoms with Crippen molar-refractivity contribution in [2.24, 2.45) is 0 Å². The molecule has 86 valence electrons. The maximum Gasteiger partial charge on any atom is 0.348 e. The van der Waals surface area contributed by atoms with E-state index >= 15 is 0 Å². The molecule has 1 aromatic rings. The Labute approximate surface area is 108 Å². The highest BCUT2D eigenvalue weighted by molar-refractivity contribution is 9.12. The first-order valence-corrected chi connectivity index (χ1v) is 5.59. The Balaban J connectivity index is 2.95. The molecule has 0 aliphatic carbocycles. The van der Waals surface area contributed by atoms with Crippen molar-refractivity contribution in [3.8, 4) is 6.07 Å². The largest absolute Gasteiger partial charge is 0.465 e. The van der Waals surface area contributed by atoms with Crippen molar-refractivity contribution in [2.75, 3.05) is 7.11 Å². The number of rotatable bonds is 3. The highest BCUT2D eigenvalue weighted by Crippen LogP contribution is 2.15. The quantitative estimate of drug-likeness (QED) is 0.372. The zero-order valence-electron chi connectivity index (χ0n) is 9.18. The van der Waals surface area contributed by atoms with E-state index in [0.29, 0.717) is 4.48 Å². The summed E-state index contributed by atoms with van der Waals surface area (Å²) in [5.41, 5.74) is 0.921. The molecule has 1 aromatic carbocycles. The molecule has 0 spiro atoms. The van der Waals surface area contributed by atoms with E-state index in [1.165, 1.54) is 13.2 Å².